The maximum atomic E-state index is 12.0. The molecule has 0 saturated heterocycles. The normalized spacial score (nSPS) is 10.9. The second-order valence-electron chi connectivity index (χ2n) is 5.37. The lowest BCUT2D eigenvalue weighted by atomic mass is 10.2. The SMILES string of the molecule is Cc1c(OCc2ccccc2)c(=O)ccn1CCN(C)C. The molecule has 0 radical (unpaired) electrons. The topological polar surface area (TPSA) is 34.5 Å². The molecule has 0 saturated carbocycles. The van der Waals surface area contributed by atoms with Crippen LogP contribution in [-0.2, 0) is 13.2 Å². The lowest BCUT2D eigenvalue weighted by Gasteiger charge is -2.17. The Balaban J connectivity index is 2.14. The summed E-state index contributed by atoms with van der Waals surface area (Å²) < 4.78 is 7.81. The van der Waals surface area contributed by atoms with E-state index < -0.39 is 0 Å². The third-order valence-electron chi connectivity index (χ3n) is 3.40. The van der Waals surface area contributed by atoms with Crippen LogP contribution in [-0.4, -0.2) is 30.1 Å². The molecule has 21 heavy (non-hydrogen) atoms. The minimum absolute atomic E-state index is 0.0652. The van der Waals surface area contributed by atoms with Gasteiger partial charge in [-0.25, -0.2) is 0 Å². The van der Waals surface area contributed by atoms with E-state index in [1.807, 2.05) is 57.5 Å². The third kappa shape index (κ3) is 4.20. The van der Waals surface area contributed by atoms with Crippen molar-refractivity contribution in [2.24, 2.45) is 0 Å². The first kappa shape index (κ1) is 15.3. The quantitative estimate of drug-likeness (QED) is 0.817. The number of aromatic nitrogens is 1. The maximum absolute atomic E-state index is 12.0. The van der Waals surface area contributed by atoms with E-state index in [0.29, 0.717) is 12.4 Å². The van der Waals surface area contributed by atoms with Crippen molar-refractivity contribution in [1.82, 2.24) is 9.47 Å². The van der Waals surface area contributed by atoms with Gasteiger partial charge < -0.3 is 14.2 Å². The number of rotatable bonds is 6. The molecule has 0 amide bonds. The maximum Gasteiger partial charge on any atom is 0.223 e. The summed E-state index contributed by atoms with van der Waals surface area (Å²) in [5.74, 6) is 0.445. The van der Waals surface area contributed by atoms with Gasteiger partial charge in [-0.1, -0.05) is 30.3 Å². The molecule has 112 valence electrons. The van der Waals surface area contributed by atoms with Gasteiger partial charge in [-0.2, -0.15) is 0 Å². The number of likely N-dealkylation sites (N-methyl/N-ethyl adjacent to an activating group) is 1. The standard InChI is InChI=1S/C17H22N2O2/c1-14-17(21-13-15-7-5-4-6-8-15)16(20)9-10-19(14)12-11-18(2)3/h4-10H,11-13H2,1-3H3. The molecule has 0 spiro atoms. The molecule has 0 N–H and O–H groups in total. The monoisotopic (exact) mass is 286 g/mol. The van der Waals surface area contributed by atoms with Crippen molar-refractivity contribution in [2.75, 3.05) is 20.6 Å². The molecular weight excluding hydrogens is 264 g/mol. The minimum atomic E-state index is -0.0652. The number of hydrogen-bond donors (Lipinski definition) is 0. The van der Waals surface area contributed by atoms with Crippen molar-refractivity contribution in [2.45, 2.75) is 20.1 Å². The first-order chi connectivity index (χ1) is 10.1. The van der Waals surface area contributed by atoms with Crippen LogP contribution in [0.1, 0.15) is 11.3 Å². The lowest BCUT2D eigenvalue weighted by Crippen LogP contribution is -2.21. The van der Waals surface area contributed by atoms with E-state index in [9.17, 15) is 4.79 Å². The number of hydrogen-bond acceptors (Lipinski definition) is 3. The minimum Gasteiger partial charge on any atom is -0.483 e. The predicted octanol–water partition coefficient (Wildman–Crippen LogP) is 2.30. The summed E-state index contributed by atoms with van der Waals surface area (Å²) >= 11 is 0. The largest absolute Gasteiger partial charge is 0.483 e. The van der Waals surface area contributed by atoms with Gasteiger partial charge in [0, 0.05) is 25.4 Å². The highest BCUT2D eigenvalue weighted by atomic mass is 16.5. The zero-order chi connectivity index (χ0) is 15.2. The van der Waals surface area contributed by atoms with Crippen molar-refractivity contribution in [1.29, 1.82) is 0 Å². The van der Waals surface area contributed by atoms with E-state index >= 15 is 0 Å². The molecule has 2 rings (SSSR count). The predicted molar refractivity (Wildman–Crippen MR) is 84.8 cm³/mol. The second kappa shape index (κ2) is 7.09. The van der Waals surface area contributed by atoms with Gasteiger partial charge in [0.15, 0.2) is 5.75 Å². The molecular formula is C17H22N2O2. The van der Waals surface area contributed by atoms with Crippen molar-refractivity contribution >= 4 is 0 Å². The summed E-state index contributed by atoms with van der Waals surface area (Å²) in [4.78, 5) is 14.1. The van der Waals surface area contributed by atoms with Gasteiger partial charge in [-0.05, 0) is 26.6 Å². The molecule has 0 atom stereocenters. The molecule has 0 aliphatic rings. The smallest absolute Gasteiger partial charge is 0.223 e. The Hall–Kier alpha value is -2.07. The first-order valence-corrected chi connectivity index (χ1v) is 7.09. The van der Waals surface area contributed by atoms with Crippen LogP contribution >= 0.6 is 0 Å². The first-order valence-electron chi connectivity index (χ1n) is 7.09. The van der Waals surface area contributed by atoms with Gasteiger partial charge in [0.2, 0.25) is 5.43 Å². The fourth-order valence-corrected chi connectivity index (χ4v) is 2.11. The summed E-state index contributed by atoms with van der Waals surface area (Å²) in [6.07, 6.45) is 1.83. The zero-order valence-corrected chi connectivity index (χ0v) is 12.9. The molecule has 1 heterocycles. The molecule has 1 aromatic heterocycles. The van der Waals surface area contributed by atoms with E-state index in [1.54, 1.807) is 6.07 Å². The molecule has 0 aliphatic carbocycles. The molecule has 4 nitrogen and oxygen atoms in total. The summed E-state index contributed by atoms with van der Waals surface area (Å²) in [6, 6.07) is 11.4. The molecule has 0 aliphatic heterocycles. The zero-order valence-electron chi connectivity index (χ0n) is 12.9. The molecule has 2 aromatic rings. The lowest BCUT2D eigenvalue weighted by molar-refractivity contribution is 0.295. The van der Waals surface area contributed by atoms with Crippen LogP contribution in [0.5, 0.6) is 5.75 Å². The molecule has 4 heteroatoms. The van der Waals surface area contributed by atoms with Gasteiger partial charge in [0.05, 0.1) is 5.69 Å². The Morgan fingerprint density at radius 3 is 2.52 bits per heavy atom. The van der Waals surface area contributed by atoms with E-state index in [-0.39, 0.29) is 5.43 Å². The van der Waals surface area contributed by atoms with Gasteiger partial charge in [0.25, 0.3) is 0 Å². The van der Waals surface area contributed by atoms with E-state index in [4.69, 9.17) is 4.74 Å². The highest BCUT2D eigenvalue weighted by Gasteiger charge is 2.09. The Kier molecular flexibility index (Phi) is 5.17. The van der Waals surface area contributed by atoms with Gasteiger partial charge in [-0.3, -0.25) is 4.79 Å². The van der Waals surface area contributed by atoms with E-state index in [0.717, 1.165) is 24.3 Å². The average Bonchev–Trinajstić information content (AvgIpc) is 2.47. The highest BCUT2D eigenvalue weighted by molar-refractivity contribution is 5.28. The third-order valence-corrected chi connectivity index (χ3v) is 3.40. The number of pyridine rings is 1. The summed E-state index contributed by atoms with van der Waals surface area (Å²) in [5, 5.41) is 0. The van der Waals surface area contributed by atoms with Crippen LogP contribution in [0.2, 0.25) is 0 Å². The van der Waals surface area contributed by atoms with Crippen LogP contribution in [0.3, 0.4) is 0 Å². The summed E-state index contributed by atoms with van der Waals surface area (Å²) in [7, 11) is 4.06. The van der Waals surface area contributed by atoms with Crippen molar-refractivity contribution in [3.8, 4) is 5.75 Å². The summed E-state index contributed by atoms with van der Waals surface area (Å²) in [5.41, 5.74) is 1.87. The Morgan fingerprint density at radius 2 is 1.86 bits per heavy atom. The van der Waals surface area contributed by atoms with Crippen LogP contribution < -0.4 is 10.2 Å². The molecule has 0 bridgehead atoms. The number of nitrogens with zero attached hydrogens (tertiary/aromatic N) is 2. The summed E-state index contributed by atoms with van der Waals surface area (Å²) in [6.45, 7) is 4.09. The van der Waals surface area contributed by atoms with Crippen LogP contribution in [0.15, 0.2) is 47.4 Å². The molecule has 0 unspecified atom stereocenters. The van der Waals surface area contributed by atoms with Crippen LogP contribution in [0.4, 0.5) is 0 Å². The van der Waals surface area contributed by atoms with Gasteiger partial charge in [-0.15, -0.1) is 0 Å². The fraction of sp³-hybridized carbons (Fsp3) is 0.353. The van der Waals surface area contributed by atoms with Gasteiger partial charge in [0.1, 0.15) is 6.61 Å². The highest BCUT2D eigenvalue weighted by Crippen LogP contribution is 2.14. The second-order valence-corrected chi connectivity index (χ2v) is 5.37. The Labute approximate surface area is 125 Å². The number of benzene rings is 1. The van der Waals surface area contributed by atoms with Crippen molar-refractivity contribution in [3.05, 3.63) is 64.1 Å². The Bertz CT molecular complexity index is 633. The van der Waals surface area contributed by atoms with E-state index in [1.165, 1.54) is 0 Å². The van der Waals surface area contributed by atoms with E-state index in [2.05, 4.69) is 9.47 Å². The van der Waals surface area contributed by atoms with Crippen molar-refractivity contribution in [3.63, 3.8) is 0 Å². The van der Waals surface area contributed by atoms with Crippen molar-refractivity contribution < 1.29 is 4.74 Å². The van der Waals surface area contributed by atoms with Crippen LogP contribution in [0.25, 0.3) is 0 Å². The Morgan fingerprint density at radius 1 is 1.14 bits per heavy atom. The molecule has 0 fully saturated rings. The van der Waals surface area contributed by atoms with Gasteiger partial charge >= 0.3 is 0 Å². The fourth-order valence-electron chi connectivity index (χ4n) is 2.11. The van der Waals surface area contributed by atoms with Crippen LogP contribution in [0, 0.1) is 6.92 Å². The number of ether oxygens (including phenoxy) is 1. The average molecular weight is 286 g/mol. The molecule has 1 aromatic carbocycles.